The molecule has 1 aromatic rings. The largest absolute Gasteiger partial charge is 0.527 e. The van der Waals surface area contributed by atoms with Gasteiger partial charge in [-0.3, -0.25) is 9.42 Å². The minimum absolute atomic E-state index is 0.206. The van der Waals surface area contributed by atoms with Crippen LogP contribution in [0.2, 0.25) is 0 Å². The standard InChI is InChI=1S/C12H19O4P/c1-4-9-15-17(13,14)16-12-7-5-11(6-8-12)10(2)3/h5-8,10H,4,9H2,1-3H3,(H,13,14). The zero-order valence-corrected chi connectivity index (χ0v) is 11.3. The highest BCUT2D eigenvalue weighted by molar-refractivity contribution is 7.47. The summed E-state index contributed by atoms with van der Waals surface area (Å²) >= 11 is 0. The van der Waals surface area contributed by atoms with Crippen LogP contribution < -0.4 is 4.52 Å². The van der Waals surface area contributed by atoms with Gasteiger partial charge in [0.05, 0.1) is 6.61 Å². The fourth-order valence-electron chi connectivity index (χ4n) is 1.28. The summed E-state index contributed by atoms with van der Waals surface area (Å²) in [5.74, 6) is 0.762. The number of rotatable bonds is 6. The Balaban J connectivity index is 2.65. The van der Waals surface area contributed by atoms with Crippen molar-refractivity contribution >= 4 is 7.82 Å². The summed E-state index contributed by atoms with van der Waals surface area (Å²) in [6, 6.07) is 7.10. The van der Waals surface area contributed by atoms with Gasteiger partial charge in [-0.2, -0.15) is 0 Å². The minimum atomic E-state index is -3.97. The van der Waals surface area contributed by atoms with E-state index in [0.717, 1.165) is 5.56 Å². The van der Waals surface area contributed by atoms with E-state index in [2.05, 4.69) is 13.8 Å². The van der Waals surface area contributed by atoms with Crippen molar-refractivity contribution in [3.8, 4) is 5.75 Å². The van der Waals surface area contributed by atoms with Gasteiger partial charge in [-0.25, -0.2) is 4.57 Å². The minimum Gasteiger partial charge on any atom is -0.404 e. The molecule has 0 aliphatic heterocycles. The summed E-state index contributed by atoms with van der Waals surface area (Å²) in [6.45, 7) is 6.23. The second kappa shape index (κ2) is 6.20. The van der Waals surface area contributed by atoms with E-state index in [1.165, 1.54) is 0 Å². The summed E-state index contributed by atoms with van der Waals surface area (Å²) in [6.07, 6.45) is 0.667. The third-order valence-electron chi connectivity index (χ3n) is 2.23. The van der Waals surface area contributed by atoms with Crippen molar-refractivity contribution in [2.45, 2.75) is 33.1 Å². The molecule has 0 aliphatic carbocycles. The van der Waals surface area contributed by atoms with Crippen molar-refractivity contribution in [1.29, 1.82) is 0 Å². The maximum absolute atomic E-state index is 11.5. The first kappa shape index (κ1) is 14.2. The Morgan fingerprint density at radius 3 is 2.35 bits per heavy atom. The SMILES string of the molecule is CCCOP(=O)(O)Oc1ccc(C(C)C)cc1. The van der Waals surface area contributed by atoms with Crippen molar-refractivity contribution in [1.82, 2.24) is 0 Å². The topological polar surface area (TPSA) is 55.8 Å². The van der Waals surface area contributed by atoms with E-state index in [1.54, 1.807) is 12.1 Å². The van der Waals surface area contributed by atoms with E-state index >= 15 is 0 Å². The van der Waals surface area contributed by atoms with Gasteiger partial charge in [0.25, 0.3) is 0 Å². The first-order chi connectivity index (χ1) is 7.94. The molecule has 0 radical (unpaired) electrons. The summed E-state index contributed by atoms with van der Waals surface area (Å²) in [5, 5.41) is 0. The molecule has 0 amide bonds. The van der Waals surface area contributed by atoms with Crippen molar-refractivity contribution in [3.63, 3.8) is 0 Å². The number of benzene rings is 1. The Labute approximate surface area is 102 Å². The molecule has 96 valence electrons. The van der Waals surface area contributed by atoms with Crippen LogP contribution in [0.5, 0.6) is 5.75 Å². The molecule has 0 bridgehead atoms. The van der Waals surface area contributed by atoms with Gasteiger partial charge in [-0.15, -0.1) is 0 Å². The van der Waals surface area contributed by atoms with E-state index in [1.807, 2.05) is 19.1 Å². The van der Waals surface area contributed by atoms with Crippen LogP contribution in [0, 0.1) is 0 Å². The molecule has 4 nitrogen and oxygen atoms in total. The third-order valence-corrected chi connectivity index (χ3v) is 3.18. The Morgan fingerprint density at radius 2 is 1.88 bits per heavy atom. The van der Waals surface area contributed by atoms with Crippen molar-refractivity contribution in [2.24, 2.45) is 0 Å². The van der Waals surface area contributed by atoms with Crippen LogP contribution in [0.25, 0.3) is 0 Å². The van der Waals surface area contributed by atoms with Gasteiger partial charge in [0, 0.05) is 0 Å². The lowest BCUT2D eigenvalue weighted by atomic mass is 10.0. The lowest BCUT2D eigenvalue weighted by Crippen LogP contribution is -1.98. The highest BCUT2D eigenvalue weighted by Crippen LogP contribution is 2.43. The van der Waals surface area contributed by atoms with Crippen LogP contribution in [-0.2, 0) is 9.09 Å². The zero-order valence-electron chi connectivity index (χ0n) is 10.4. The Hall–Kier alpha value is -0.830. The molecular formula is C12H19O4P. The molecule has 0 saturated heterocycles. The Morgan fingerprint density at radius 1 is 1.29 bits per heavy atom. The molecule has 1 unspecified atom stereocenters. The molecule has 0 fully saturated rings. The third kappa shape index (κ3) is 4.90. The van der Waals surface area contributed by atoms with Crippen molar-refractivity contribution in [3.05, 3.63) is 29.8 Å². The molecule has 5 heteroatoms. The van der Waals surface area contributed by atoms with E-state index in [0.29, 0.717) is 18.1 Å². The summed E-state index contributed by atoms with van der Waals surface area (Å²) < 4.78 is 21.1. The van der Waals surface area contributed by atoms with Crippen molar-refractivity contribution < 1.29 is 18.5 Å². The summed E-state index contributed by atoms with van der Waals surface area (Å²) in [5.41, 5.74) is 1.15. The fourth-order valence-corrected chi connectivity index (χ4v) is 2.13. The molecule has 0 spiro atoms. The van der Waals surface area contributed by atoms with Gasteiger partial charge in [0.15, 0.2) is 0 Å². The average molecular weight is 258 g/mol. The summed E-state index contributed by atoms with van der Waals surface area (Å²) in [4.78, 5) is 9.39. The Kier molecular flexibility index (Phi) is 5.19. The molecule has 1 N–H and O–H groups in total. The monoisotopic (exact) mass is 258 g/mol. The molecule has 0 heterocycles. The number of phosphoric acid groups is 1. The molecule has 1 rings (SSSR count). The first-order valence-corrected chi connectivity index (χ1v) is 7.21. The van der Waals surface area contributed by atoms with Gasteiger partial charge >= 0.3 is 7.82 Å². The fraction of sp³-hybridized carbons (Fsp3) is 0.500. The molecular weight excluding hydrogens is 239 g/mol. The number of phosphoric ester groups is 1. The van der Waals surface area contributed by atoms with Gasteiger partial charge in [-0.05, 0) is 30.0 Å². The normalized spacial score (nSPS) is 14.6. The highest BCUT2D eigenvalue weighted by atomic mass is 31.2. The lowest BCUT2D eigenvalue weighted by Gasteiger charge is -2.13. The van der Waals surface area contributed by atoms with Crippen LogP contribution in [0.3, 0.4) is 0 Å². The van der Waals surface area contributed by atoms with Gasteiger partial charge < -0.3 is 4.52 Å². The molecule has 0 saturated carbocycles. The van der Waals surface area contributed by atoms with Gasteiger partial charge in [0.2, 0.25) is 0 Å². The van der Waals surface area contributed by atoms with Crippen LogP contribution in [0.4, 0.5) is 0 Å². The van der Waals surface area contributed by atoms with Crippen LogP contribution in [-0.4, -0.2) is 11.5 Å². The number of hydrogen-bond acceptors (Lipinski definition) is 3. The Bertz CT molecular complexity index is 386. The second-order valence-corrected chi connectivity index (χ2v) is 5.49. The predicted molar refractivity (Wildman–Crippen MR) is 67.2 cm³/mol. The first-order valence-electron chi connectivity index (χ1n) is 5.71. The lowest BCUT2D eigenvalue weighted by molar-refractivity contribution is 0.203. The smallest absolute Gasteiger partial charge is 0.404 e. The van der Waals surface area contributed by atoms with Crippen LogP contribution >= 0.6 is 7.82 Å². The van der Waals surface area contributed by atoms with Crippen LogP contribution in [0.15, 0.2) is 24.3 Å². The molecule has 1 atom stereocenters. The predicted octanol–water partition coefficient (Wildman–Crippen LogP) is 3.72. The van der Waals surface area contributed by atoms with E-state index < -0.39 is 7.82 Å². The van der Waals surface area contributed by atoms with E-state index in [4.69, 9.17) is 9.05 Å². The second-order valence-electron chi connectivity index (χ2n) is 4.12. The summed E-state index contributed by atoms with van der Waals surface area (Å²) in [7, 11) is -3.97. The van der Waals surface area contributed by atoms with E-state index in [-0.39, 0.29) is 6.61 Å². The molecule has 17 heavy (non-hydrogen) atoms. The molecule has 0 aromatic heterocycles. The highest BCUT2D eigenvalue weighted by Gasteiger charge is 2.22. The quantitative estimate of drug-likeness (QED) is 0.790. The van der Waals surface area contributed by atoms with Gasteiger partial charge in [0.1, 0.15) is 5.75 Å². The van der Waals surface area contributed by atoms with E-state index in [9.17, 15) is 9.46 Å². The maximum atomic E-state index is 11.5. The van der Waals surface area contributed by atoms with Gasteiger partial charge in [-0.1, -0.05) is 32.9 Å². The zero-order chi connectivity index (χ0) is 12.9. The molecule has 0 aliphatic rings. The average Bonchev–Trinajstić information content (AvgIpc) is 2.26. The molecule has 1 aromatic carbocycles. The number of hydrogen-bond donors (Lipinski definition) is 1. The maximum Gasteiger partial charge on any atom is 0.527 e. The van der Waals surface area contributed by atoms with Crippen molar-refractivity contribution in [2.75, 3.05) is 6.61 Å². The van der Waals surface area contributed by atoms with Crippen LogP contribution in [0.1, 0.15) is 38.7 Å².